The highest BCUT2D eigenvalue weighted by Crippen LogP contribution is 2.31. The van der Waals surface area contributed by atoms with Gasteiger partial charge < -0.3 is 9.73 Å². The number of thiazole rings is 1. The van der Waals surface area contributed by atoms with Gasteiger partial charge in [0.15, 0.2) is 5.13 Å². The monoisotopic (exact) mass is 388 g/mol. The Balaban J connectivity index is 1.60. The number of halogens is 3. The number of para-hydroxylation sites is 1. The van der Waals surface area contributed by atoms with Crippen LogP contribution in [0.2, 0.25) is 0 Å². The minimum atomic E-state index is -4.38. The molecule has 4 aromatic rings. The van der Waals surface area contributed by atoms with Crippen molar-refractivity contribution in [3.8, 4) is 11.3 Å². The number of nitrogens with one attached hydrogen (secondary N) is 1. The maximum Gasteiger partial charge on any atom is 0.416 e. The molecule has 0 spiro atoms. The maximum atomic E-state index is 12.6. The lowest BCUT2D eigenvalue weighted by Crippen LogP contribution is -2.04. The van der Waals surface area contributed by atoms with Gasteiger partial charge >= 0.3 is 11.8 Å². The van der Waals surface area contributed by atoms with Crippen molar-refractivity contribution in [1.29, 1.82) is 0 Å². The van der Waals surface area contributed by atoms with Gasteiger partial charge in [-0.2, -0.15) is 13.2 Å². The van der Waals surface area contributed by atoms with Gasteiger partial charge in [0.25, 0.3) is 0 Å². The van der Waals surface area contributed by atoms with Crippen molar-refractivity contribution in [2.45, 2.75) is 6.18 Å². The Hall–Kier alpha value is -3.13. The van der Waals surface area contributed by atoms with Gasteiger partial charge in [-0.3, -0.25) is 0 Å². The molecule has 0 bridgehead atoms. The van der Waals surface area contributed by atoms with Crippen molar-refractivity contribution in [2.24, 2.45) is 0 Å². The first-order valence-corrected chi connectivity index (χ1v) is 8.71. The number of anilines is 2. The van der Waals surface area contributed by atoms with Crippen molar-refractivity contribution in [1.82, 2.24) is 4.98 Å². The van der Waals surface area contributed by atoms with Gasteiger partial charge in [-0.1, -0.05) is 18.2 Å². The Morgan fingerprint density at radius 2 is 1.78 bits per heavy atom. The minimum Gasteiger partial charge on any atom is -0.422 e. The third-order valence-corrected chi connectivity index (χ3v) is 4.64. The van der Waals surface area contributed by atoms with Gasteiger partial charge in [-0.25, -0.2) is 9.78 Å². The molecule has 0 saturated carbocycles. The van der Waals surface area contributed by atoms with Gasteiger partial charge in [0, 0.05) is 16.5 Å². The number of fused-ring (bicyclic) bond motifs is 1. The fourth-order valence-electron chi connectivity index (χ4n) is 2.56. The van der Waals surface area contributed by atoms with Gasteiger partial charge in [0.2, 0.25) is 0 Å². The summed E-state index contributed by atoms with van der Waals surface area (Å²) in [7, 11) is 0. The molecule has 8 heteroatoms. The summed E-state index contributed by atoms with van der Waals surface area (Å²) in [6.07, 6.45) is -4.38. The Labute approximate surface area is 154 Å². The van der Waals surface area contributed by atoms with E-state index in [-0.39, 0.29) is 0 Å². The van der Waals surface area contributed by atoms with Crippen molar-refractivity contribution >= 4 is 33.1 Å². The van der Waals surface area contributed by atoms with Crippen molar-refractivity contribution in [2.75, 3.05) is 5.32 Å². The molecule has 0 aliphatic rings. The lowest BCUT2D eigenvalue weighted by molar-refractivity contribution is -0.137. The summed E-state index contributed by atoms with van der Waals surface area (Å²) in [5.41, 5.74) is 0.500. The minimum absolute atomic E-state index is 0.324. The number of hydrogen-bond acceptors (Lipinski definition) is 5. The van der Waals surface area contributed by atoms with Crippen molar-refractivity contribution in [3.05, 3.63) is 76.0 Å². The molecule has 136 valence electrons. The Morgan fingerprint density at radius 1 is 1.04 bits per heavy atom. The summed E-state index contributed by atoms with van der Waals surface area (Å²) in [4.78, 5) is 16.5. The lowest BCUT2D eigenvalue weighted by Gasteiger charge is -2.07. The predicted octanol–water partition coefficient (Wildman–Crippen LogP) is 5.68. The molecule has 4 rings (SSSR count). The van der Waals surface area contributed by atoms with E-state index >= 15 is 0 Å². The molecule has 0 radical (unpaired) electrons. The van der Waals surface area contributed by atoms with Crippen LogP contribution in [0.25, 0.3) is 22.2 Å². The van der Waals surface area contributed by atoms with E-state index in [1.54, 1.807) is 23.6 Å². The molecule has 0 aliphatic carbocycles. The standard InChI is InChI=1S/C19H11F3N2O2S/c20-19(21,22)12-5-7-13(8-6-12)23-18-24-15(10-27-18)14-9-11-3-1-2-4-16(11)26-17(14)25/h1-10H,(H,23,24). The summed E-state index contributed by atoms with van der Waals surface area (Å²) in [6.45, 7) is 0. The van der Waals surface area contributed by atoms with Crippen LogP contribution in [0.1, 0.15) is 5.56 Å². The number of hydrogen-bond donors (Lipinski definition) is 1. The summed E-state index contributed by atoms with van der Waals surface area (Å²) >= 11 is 1.24. The van der Waals surface area contributed by atoms with Gasteiger partial charge in [0.05, 0.1) is 16.8 Å². The van der Waals surface area contributed by atoms with Crippen LogP contribution in [0.15, 0.2) is 69.2 Å². The Morgan fingerprint density at radius 3 is 2.52 bits per heavy atom. The second-order valence-electron chi connectivity index (χ2n) is 5.72. The molecule has 0 atom stereocenters. The average molecular weight is 388 g/mol. The predicted molar refractivity (Wildman–Crippen MR) is 98.3 cm³/mol. The quantitative estimate of drug-likeness (QED) is 0.459. The smallest absolute Gasteiger partial charge is 0.416 e. The van der Waals surface area contributed by atoms with Gasteiger partial charge in [-0.05, 0) is 36.4 Å². The molecule has 0 unspecified atom stereocenters. The second-order valence-corrected chi connectivity index (χ2v) is 6.58. The van der Waals surface area contributed by atoms with Crippen LogP contribution in [0.5, 0.6) is 0 Å². The fraction of sp³-hybridized carbons (Fsp3) is 0.0526. The molecule has 0 saturated heterocycles. The third kappa shape index (κ3) is 3.56. The van der Waals surface area contributed by atoms with E-state index in [0.717, 1.165) is 17.5 Å². The van der Waals surface area contributed by atoms with E-state index in [1.165, 1.54) is 23.5 Å². The molecule has 27 heavy (non-hydrogen) atoms. The van der Waals surface area contributed by atoms with Crippen molar-refractivity contribution in [3.63, 3.8) is 0 Å². The molecule has 4 nitrogen and oxygen atoms in total. The number of nitrogens with zero attached hydrogens (tertiary/aromatic N) is 1. The fourth-order valence-corrected chi connectivity index (χ4v) is 3.29. The normalized spacial score (nSPS) is 11.7. The topological polar surface area (TPSA) is 55.1 Å². The first kappa shape index (κ1) is 17.3. The second kappa shape index (κ2) is 6.55. The van der Waals surface area contributed by atoms with Crippen LogP contribution in [0, 0.1) is 0 Å². The van der Waals surface area contributed by atoms with E-state index < -0.39 is 17.4 Å². The Kier molecular flexibility index (Phi) is 4.19. The zero-order chi connectivity index (χ0) is 19.0. The van der Waals surface area contributed by atoms with E-state index in [2.05, 4.69) is 10.3 Å². The van der Waals surface area contributed by atoms with Crippen LogP contribution in [-0.4, -0.2) is 4.98 Å². The maximum absolute atomic E-state index is 12.6. The first-order valence-electron chi connectivity index (χ1n) is 7.83. The highest BCUT2D eigenvalue weighted by molar-refractivity contribution is 7.14. The molecule has 0 amide bonds. The zero-order valence-electron chi connectivity index (χ0n) is 13.6. The molecule has 2 aromatic carbocycles. The Bertz CT molecular complexity index is 1160. The number of alkyl halides is 3. The van der Waals surface area contributed by atoms with E-state index in [9.17, 15) is 18.0 Å². The van der Waals surface area contributed by atoms with Gasteiger partial charge in [-0.15, -0.1) is 11.3 Å². The molecular formula is C19H11F3N2O2S. The molecule has 2 aromatic heterocycles. The SMILES string of the molecule is O=c1oc2ccccc2cc1-c1csc(Nc2ccc(C(F)(F)F)cc2)n1. The number of benzene rings is 2. The summed E-state index contributed by atoms with van der Waals surface area (Å²) < 4.78 is 43.2. The number of aromatic nitrogens is 1. The zero-order valence-corrected chi connectivity index (χ0v) is 14.4. The summed E-state index contributed by atoms with van der Waals surface area (Å²) in [5.74, 6) is 0. The summed E-state index contributed by atoms with van der Waals surface area (Å²) in [5, 5.41) is 5.86. The molecule has 2 heterocycles. The summed E-state index contributed by atoms with van der Waals surface area (Å²) in [6, 6.07) is 13.5. The van der Waals surface area contributed by atoms with Crippen LogP contribution in [0.3, 0.4) is 0 Å². The lowest BCUT2D eigenvalue weighted by atomic mass is 10.1. The molecular weight excluding hydrogens is 377 g/mol. The van der Waals surface area contributed by atoms with Gasteiger partial charge in [0.1, 0.15) is 5.58 Å². The average Bonchev–Trinajstić information content (AvgIpc) is 3.09. The highest BCUT2D eigenvalue weighted by atomic mass is 32.1. The molecule has 0 aliphatic heterocycles. The number of rotatable bonds is 3. The molecule has 1 N–H and O–H groups in total. The third-order valence-electron chi connectivity index (χ3n) is 3.89. The molecule has 0 fully saturated rings. The van der Waals surface area contributed by atoms with Crippen LogP contribution in [-0.2, 0) is 6.18 Å². The van der Waals surface area contributed by atoms with Crippen LogP contribution < -0.4 is 10.9 Å². The van der Waals surface area contributed by atoms with E-state index in [1.807, 2.05) is 12.1 Å². The highest BCUT2D eigenvalue weighted by Gasteiger charge is 2.29. The van der Waals surface area contributed by atoms with E-state index in [4.69, 9.17) is 4.42 Å². The first-order chi connectivity index (χ1) is 12.9. The van der Waals surface area contributed by atoms with Crippen LogP contribution >= 0.6 is 11.3 Å². The van der Waals surface area contributed by atoms with Crippen molar-refractivity contribution < 1.29 is 17.6 Å². The largest absolute Gasteiger partial charge is 0.422 e. The van der Waals surface area contributed by atoms with Crippen LogP contribution in [0.4, 0.5) is 24.0 Å². The van der Waals surface area contributed by atoms with E-state index in [0.29, 0.717) is 27.7 Å².